The van der Waals surface area contributed by atoms with Gasteiger partial charge in [-0.25, -0.2) is 18.2 Å². The van der Waals surface area contributed by atoms with Crippen molar-refractivity contribution in [2.75, 3.05) is 13.1 Å². The fourth-order valence-corrected chi connectivity index (χ4v) is 5.79. The lowest BCUT2D eigenvalue weighted by Gasteiger charge is -2.25. The Labute approximate surface area is 256 Å². The molecule has 1 heterocycles. The Kier molecular flexibility index (Phi) is 12.6. The minimum atomic E-state index is -5.08. The smallest absolute Gasteiger partial charge is 0.487 e. The molecule has 5 N–H and O–H groups in total. The fourth-order valence-electron chi connectivity index (χ4n) is 3.53. The van der Waals surface area contributed by atoms with Crippen molar-refractivity contribution in [2.45, 2.75) is 56.8 Å². The molecule has 236 valence electrons. The Balaban J connectivity index is 0.000000821. The molecule has 0 aliphatic rings. The number of aryl methyl sites for hydroxylation is 1. The molecule has 10 nitrogen and oxygen atoms in total. The average molecular weight is 668 g/mol. The van der Waals surface area contributed by atoms with E-state index in [9.17, 15) is 26.4 Å². The maximum Gasteiger partial charge on any atom is 0.490 e. The maximum atomic E-state index is 13.2. The number of pyridine rings is 1. The number of nitrogens with zero attached hydrogens (tertiary/aromatic N) is 1. The van der Waals surface area contributed by atoms with Gasteiger partial charge in [0, 0.05) is 28.2 Å². The highest BCUT2D eigenvalue weighted by atomic mass is 35.5. The number of amides is 1. The lowest BCUT2D eigenvalue weighted by Crippen LogP contribution is -2.54. The van der Waals surface area contributed by atoms with Crippen LogP contribution in [-0.2, 0) is 26.2 Å². The van der Waals surface area contributed by atoms with Crippen molar-refractivity contribution in [1.82, 2.24) is 15.0 Å². The Morgan fingerprint density at radius 2 is 1.72 bits per heavy atom. The summed E-state index contributed by atoms with van der Waals surface area (Å²) in [5, 5.41) is 10.9. The third-order valence-corrected chi connectivity index (χ3v) is 8.35. The van der Waals surface area contributed by atoms with Crippen LogP contribution in [0.15, 0.2) is 47.4 Å². The molecule has 2 aromatic carbocycles. The molecule has 0 saturated heterocycles. The van der Waals surface area contributed by atoms with E-state index in [1.54, 1.807) is 6.07 Å². The first kappa shape index (κ1) is 36.0. The molecule has 0 aliphatic carbocycles. The number of ether oxygens (including phenoxy) is 1. The van der Waals surface area contributed by atoms with Crippen molar-refractivity contribution in [3.8, 4) is 5.75 Å². The van der Waals surface area contributed by atoms with Crippen LogP contribution in [0.2, 0.25) is 10.0 Å². The molecule has 0 radical (unpaired) electrons. The quantitative estimate of drug-likeness (QED) is 0.209. The standard InChI is InChI=1S/C25H30Cl2N4O4S.C2HF3O2/c1-16-9-10-17-7-6-8-20(23(17)30-16)35-15-18-19(26)11-12-21(22(18)27)36(33,34)31-25(2,3)24(32)29-14-5-4-13-28;3-2(4,5)1(6)7/h6-12,31H,4-5,13-15,28H2,1-3H3,(H,29,32);(H,6,7). The van der Waals surface area contributed by atoms with E-state index in [4.69, 9.17) is 43.6 Å². The molecule has 0 saturated carbocycles. The Bertz CT molecular complexity index is 1570. The lowest BCUT2D eigenvalue weighted by molar-refractivity contribution is -0.192. The molecule has 3 rings (SSSR count). The molecule has 3 aromatic rings. The van der Waals surface area contributed by atoms with Gasteiger partial charge in [-0.1, -0.05) is 41.4 Å². The van der Waals surface area contributed by atoms with E-state index in [2.05, 4.69) is 15.0 Å². The first-order chi connectivity index (χ1) is 19.9. The van der Waals surface area contributed by atoms with Crippen molar-refractivity contribution < 1.29 is 41.0 Å². The van der Waals surface area contributed by atoms with E-state index in [0.717, 1.165) is 17.5 Å². The predicted octanol–water partition coefficient (Wildman–Crippen LogP) is 4.97. The van der Waals surface area contributed by atoms with E-state index in [1.807, 2.05) is 31.2 Å². The normalized spacial score (nSPS) is 11.9. The second-order valence-corrected chi connectivity index (χ2v) is 12.1. The number of aromatic nitrogens is 1. The van der Waals surface area contributed by atoms with Crippen LogP contribution in [0, 0.1) is 6.92 Å². The molecule has 0 fully saturated rings. The van der Waals surface area contributed by atoms with Crippen LogP contribution in [0.25, 0.3) is 10.9 Å². The second-order valence-electron chi connectivity index (χ2n) is 9.69. The molecule has 16 heteroatoms. The van der Waals surface area contributed by atoms with Gasteiger partial charge in [-0.05, 0) is 64.4 Å². The summed E-state index contributed by atoms with van der Waals surface area (Å²) < 4.78 is 66.6. The van der Waals surface area contributed by atoms with E-state index in [0.29, 0.717) is 36.3 Å². The van der Waals surface area contributed by atoms with Crippen molar-refractivity contribution in [2.24, 2.45) is 5.73 Å². The molecule has 43 heavy (non-hydrogen) atoms. The van der Waals surface area contributed by atoms with Gasteiger partial charge in [0.05, 0.1) is 5.02 Å². The molecule has 0 bridgehead atoms. The van der Waals surface area contributed by atoms with E-state index in [-0.39, 0.29) is 21.5 Å². The van der Waals surface area contributed by atoms with Gasteiger partial charge in [0.25, 0.3) is 0 Å². The summed E-state index contributed by atoms with van der Waals surface area (Å²) in [6, 6.07) is 12.1. The van der Waals surface area contributed by atoms with Crippen molar-refractivity contribution in [1.29, 1.82) is 0 Å². The van der Waals surface area contributed by atoms with Crippen LogP contribution in [0.1, 0.15) is 37.9 Å². The van der Waals surface area contributed by atoms with Crippen LogP contribution in [0.5, 0.6) is 5.75 Å². The van der Waals surface area contributed by atoms with E-state index in [1.165, 1.54) is 26.0 Å². The second kappa shape index (κ2) is 15.0. The number of carbonyl (C=O) groups is 2. The number of carboxylic acids is 1. The third kappa shape index (κ3) is 10.2. The zero-order chi connectivity index (χ0) is 32.6. The summed E-state index contributed by atoms with van der Waals surface area (Å²) >= 11 is 12.9. The van der Waals surface area contributed by atoms with Crippen LogP contribution < -0.4 is 20.5 Å². The summed E-state index contributed by atoms with van der Waals surface area (Å²) in [5.41, 5.74) is 5.85. The van der Waals surface area contributed by atoms with E-state index >= 15 is 0 Å². The minimum Gasteiger partial charge on any atom is -0.487 e. The molecule has 0 atom stereocenters. The number of benzene rings is 2. The SMILES string of the molecule is Cc1ccc2cccc(OCc3c(Cl)ccc(S(=O)(=O)NC(C)(C)C(=O)NCCCCN)c3Cl)c2n1.O=C(O)C(F)(F)F. The number of unbranched alkanes of at least 4 members (excludes halogenated alkanes) is 1. The monoisotopic (exact) mass is 666 g/mol. The van der Waals surface area contributed by atoms with Gasteiger partial charge in [0.2, 0.25) is 15.9 Å². The average Bonchev–Trinajstić information content (AvgIpc) is 2.90. The minimum absolute atomic E-state index is 0.0826. The van der Waals surface area contributed by atoms with Gasteiger partial charge in [-0.15, -0.1) is 0 Å². The number of sulfonamides is 1. The zero-order valence-corrected chi connectivity index (χ0v) is 25.7. The predicted molar refractivity (Wildman–Crippen MR) is 157 cm³/mol. The van der Waals surface area contributed by atoms with E-state index < -0.39 is 33.6 Å². The van der Waals surface area contributed by atoms with Crippen molar-refractivity contribution in [3.05, 3.63) is 63.8 Å². The number of rotatable bonds is 11. The summed E-state index contributed by atoms with van der Waals surface area (Å²) in [6.07, 6.45) is -3.63. The first-order valence-corrected chi connectivity index (χ1v) is 14.9. The highest BCUT2D eigenvalue weighted by Crippen LogP contribution is 2.33. The van der Waals surface area contributed by atoms with Crippen LogP contribution in [0.3, 0.4) is 0 Å². The number of nitrogens with two attached hydrogens (primary N) is 1. The fraction of sp³-hybridized carbons (Fsp3) is 0.370. The van der Waals surface area contributed by atoms with Gasteiger partial charge in [-0.2, -0.15) is 17.9 Å². The van der Waals surface area contributed by atoms with Crippen LogP contribution >= 0.6 is 23.2 Å². The van der Waals surface area contributed by atoms with Gasteiger partial charge >= 0.3 is 12.1 Å². The largest absolute Gasteiger partial charge is 0.490 e. The molecular formula is C27H31Cl2F3N4O6S. The molecule has 0 spiro atoms. The lowest BCUT2D eigenvalue weighted by atomic mass is 10.1. The van der Waals surface area contributed by atoms with Gasteiger partial charge in [0.15, 0.2) is 0 Å². The number of hydrogen-bond acceptors (Lipinski definition) is 7. The number of alkyl halides is 3. The van der Waals surface area contributed by atoms with Gasteiger partial charge in [-0.3, -0.25) is 4.79 Å². The number of aliphatic carboxylic acids is 1. The highest BCUT2D eigenvalue weighted by Gasteiger charge is 2.38. The highest BCUT2D eigenvalue weighted by molar-refractivity contribution is 7.89. The summed E-state index contributed by atoms with van der Waals surface area (Å²) in [4.78, 5) is 25.8. The number of para-hydroxylation sites is 1. The van der Waals surface area contributed by atoms with Crippen LogP contribution in [0.4, 0.5) is 13.2 Å². The number of halogens is 5. The molecule has 1 amide bonds. The first-order valence-electron chi connectivity index (χ1n) is 12.7. The number of hydrogen-bond donors (Lipinski definition) is 4. The number of nitrogens with one attached hydrogen (secondary N) is 2. The Morgan fingerprint density at radius 1 is 1.07 bits per heavy atom. The number of fused-ring (bicyclic) bond motifs is 1. The molecule has 1 aromatic heterocycles. The van der Waals surface area contributed by atoms with Crippen LogP contribution in [-0.4, -0.2) is 55.2 Å². The van der Waals surface area contributed by atoms with Crippen molar-refractivity contribution >= 4 is 56.0 Å². The molecule has 0 unspecified atom stereocenters. The summed E-state index contributed by atoms with van der Waals surface area (Å²) in [5.74, 6) is -2.70. The number of carboxylic acid groups (broad SMARTS) is 1. The Hall–Kier alpha value is -3.17. The van der Waals surface area contributed by atoms with Crippen molar-refractivity contribution in [3.63, 3.8) is 0 Å². The van der Waals surface area contributed by atoms with Gasteiger partial charge < -0.3 is 20.9 Å². The third-order valence-electron chi connectivity index (χ3n) is 5.75. The summed E-state index contributed by atoms with van der Waals surface area (Å²) in [6.45, 7) is 5.67. The molecule has 0 aliphatic heterocycles. The topological polar surface area (TPSA) is 161 Å². The van der Waals surface area contributed by atoms with Gasteiger partial charge in [0.1, 0.15) is 28.3 Å². The Morgan fingerprint density at radius 3 is 2.33 bits per heavy atom. The summed E-state index contributed by atoms with van der Waals surface area (Å²) in [7, 11) is -4.18. The molecular weight excluding hydrogens is 636 g/mol. The maximum absolute atomic E-state index is 13.2. The zero-order valence-electron chi connectivity index (χ0n) is 23.4. The number of carbonyl (C=O) groups excluding carboxylic acids is 1.